The molecule has 3 heteroatoms. The van der Waals surface area contributed by atoms with Gasteiger partial charge in [0.25, 0.3) is 0 Å². The summed E-state index contributed by atoms with van der Waals surface area (Å²) in [4.78, 5) is 13.0. The van der Waals surface area contributed by atoms with Crippen molar-refractivity contribution >= 4 is 30.1 Å². The van der Waals surface area contributed by atoms with Crippen molar-refractivity contribution in [2.75, 3.05) is 11.9 Å². The van der Waals surface area contributed by atoms with Gasteiger partial charge in [-0.05, 0) is 47.4 Å². The summed E-state index contributed by atoms with van der Waals surface area (Å²) in [5.74, 6) is 0.917. The molecule has 0 saturated carbocycles. The third-order valence-electron chi connectivity index (χ3n) is 6.30. The lowest BCUT2D eigenvalue weighted by atomic mass is 9.78. The first-order chi connectivity index (χ1) is 14.8. The molecule has 2 heterocycles. The van der Waals surface area contributed by atoms with Crippen LogP contribution in [0.3, 0.4) is 0 Å². The zero-order valence-electron chi connectivity index (χ0n) is 17.0. The Morgan fingerprint density at radius 3 is 1.83 bits per heavy atom. The van der Waals surface area contributed by atoms with Crippen LogP contribution in [0.4, 0.5) is 0 Å². The van der Waals surface area contributed by atoms with E-state index in [9.17, 15) is 4.79 Å². The fourth-order valence-corrected chi connectivity index (χ4v) is 9.49. The summed E-state index contributed by atoms with van der Waals surface area (Å²) in [7, 11) is -0.561. The first kappa shape index (κ1) is 19.8. The zero-order chi connectivity index (χ0) is 20.4. The van der Waals surface area contributed by atoms with Crippen molar-refractivity contribution in [2.45, 2.75) is 24.4 Å². The Kier molecular flexibility index (Phi) is 5.63. The smallest absolute Gasteiger partial charge is 0.215 e. The Morgan fingerprint density at radius 2 is 1.30 bits per heavy atom. The van der Waals surface area contributed by atoms with Crippen LogP contribution in [-0.2, 0) is 9.95 Å². The molecule has 2 aliphatic rings. The summed E-state index contributed by atoms with van der Waals surface area (Å²) in [6.07, 6.45) is 4.25. The highest BCUT2D eigenvalue weighted by molar-refractivity contribution is 8.14. The summed E-state index contributed by atoms with van der Waals surface area (Å²) in [5, 5.41) is 1.48. The van der Waals surface area contributed by atoms with E-state index in [2.05, 4.69) is 91.0 Å². The van der Waals surface area contributed by atoms with Gasteiger partial charge in [-0.2, -0.15) is 0 Å². The van der Waals surface area contributed by atoms with E-state index in [1.54, 1.807) is 0 Å². The van der Waals surface area contributed by atoms with Gasteiger partial charge in [-0.3, -0.25) is 4.79 Å². The van der Waals surface area contributed by atoms with Gasteiger partial charge in [0.15, 0.2) is 0 Å². The predicted octanol–water partition coefficient (Wildman–Crippen LogP) is 6.49. The maximum atomic E-state index is 13.0. The van der Waals surface area contributed by atoms with Crippen molar-refractivity contribution in [3.05, 3.63) is 113 Å². The largest absolute Gasteiger partial charge is 0.282 e. The average molecular weight is 429 g/mol. The van der Waals surface area contributed by atoms with Crippen LogP contribution in [0.1, 0.15) is 30.4 Å². The second-order valence-corrected chi connectivity index (χ2v) is 11.4. The predicted molar refractivity (Wildman–Crippen MR) is 130 cm³/mol. The summed E-state index contributed by atoms with van der Waals surface area (Å²) in [5.41, 5.74) is 5.14. The normalized spacial score (nSPS) is 23.5. The first-order valence-electron chi connectivity index (χ1n) is 10.6. The molecular formula is C27H25OPS. The third kappa shape index (κ3) is 3.27. The molecule has 3 aromatic rings. The molecule has 30 heavy (non-hydrogen) atoms. The summed E-state index contributed by atoms with van der Waals surface area (Å²) < 4.78 is 0. The molecule has 5 rings (SSSR count). The lowest BCUT2D eigenvalue weighted by Gasteiger charge is -2.48. The van der Waals surface area contributed by atoms with E-state index >= 15 is 0 Å². The minimum atomic E-state index is -0.561. The third-order valence-corrected chi connectivity index (χ3v) is 10.5. The Bertz CT molecular complexity index is 1020. The van der Waals surface area contributed by atoms with E-state index in [-0.39, 0.29) is 5.16 Å². The monoisotopic (exact) mass is 428 g/mol. The van der Waals surface area contributed by atoms with E-state index in [0.717, 1.165) is 30.6 Å². The molecule has 150 valence electrons. The van der Waals surface area contributed by atoms with E-state index < -0.39 is 7.92 Å². The van der Waals surface area contributed by atoms with Crippen LogP contribution in [0.2, 0.25) is 0 Å². The summed E-state index contributed by atoms with van der Waals surface area (Å²) >= 11 is 1.50. The average Bonchev–Trinajstić information content (AvgIpc) is 3.25. The molecule has 1 nitrogen and oxygen atoms in total. The van der Waals surface area contributed by atoms with Crippen molar-refractivity contribution < 1.29 is 4.79 Å². The molecule has 1 atom stereocenters. The van der Waals surface area contributed by atoms with Crippen molar-refractivity contribution in [3.8, 4) is 0 Å². The van der Waals surface area contributed by atoms with Gasteiger partial charge in [0, 0.05) is 11.3 Å². The molecule has 0 spiro atoms. The molecule has 0 amide bonds. The minimum absolute atomic E-state index is 0.243. The van der Waals surface area contributed by atoms with E-state index in [4.69, 9.17) is 0 Å². The Labute approximate surface area is 184 Å². The second-order valence-electron chi connectivity index (χ2n) is 7.88. The van der Waals surface area contributed by atoms with Gasteiger partial charge in [0.2, 0.25) is 5.12 Å². The Morgan fingerprint density at radius 1 is 0.733 bits per heavy atom. The lowest BCUT2D eigenvalue weighted by molar-refractivity contribution is -0.107. The SMILES string of the molecule is O=C1SCCC1=C1CCCP(c2ccccc2)C1(c1ccccc1)c1ccccc1. The quantitative estimate of drug-likeness (QED) is 0.350. The number of allylic oxidation sites excluding steroid dienone is 1. The first-order valence-corrected chi connectivity index (χ1v) is 13.2. The van der Waals surface area contributed by atoms with Crippen LogP contribution in [0, 0.1) is 0 Å². The molecule has 2 fully saturated rings. The van der Waals surface area contributed by atoms with Gasteiger partial charge >= 0.3 is 0 Å². The van der Waals surface area contributed by atoms with Crippen molar-refractivity contribution in [1.29, 1.82) is 0 Å². The van der Waals surface area contributed by atoms with Gasteiger partial charge in [-0.15, -0.1) is 0 Å². The van der Waals surface area contributed by atoms with Crippen LogP contribution in [0.25, 0.3) is 0 Å². The number of thioether (sulfide) groups is 1. The molecule has 2 saturated heterocycles. The van der Waals surface area contributed by atoms with Gasteiger partial charge in [0.05, 0.1) is 5.16 Å². The highest BCUT2D eigenvalue weighted by Crippen LogP contribution is 2.67. The number of rotatable bonds is 3. The number of benzene rings is 3. The van der Waals surface area contributed by atoms with Crippen LogP contribution in [0.15, 0.2) is 102 Å². The molecule has 0 N–H and O–H groups in total. The minimum Gasteiger partial charge on any atom is -0.282 e. The van der Waals surface area contributed by atoms with Gasteiger partial charge in [-0.25, -0.2) is 0 Å². The molecule has 0 aliphatic carbocycles. The maximum absolute atomic E-state index is 13.0. The fraction of sp³-hybridized carbons (Fsp3) is 0.222. The Balaban J connectivity index is 1.87. The molecule has 3 aromatic carbocycles. The standard InChI is InChI=1S/C27H25OPS/c28-26-24(18-20-30-26)25-17-10-19-29(23-15-8-3-9-16-23)27(25,21-11-4-1-5-12-21)22-13-6-2-7-14-22/h1-9,11-16H,10,17-20H2. The molecule has 2 aliphatic heterocycles. The zero-order valence-corrected chi connectivity index (χ0v) is 18.7. The van der Waals surface area contributed by atoms with Crippen LogP contribution < -0.4 is 5.30 Å². The molecule has 0 aromatic heterocycles. The molecular weight excluding hydrogens is 403 g/mol. The fourth-order valence-electron chi connectivity index (χ4n) is 5.12. The van der Waals surface area contributed by atoms with Gasteiger partial charge < -0.3 is 0 Å². The van der Waals surface area contributed by atoms with Crippen molar-refractivity contribution in [2.24, 2.45) is 0 Å². The van der Waals surface area contributed by atoms with Crippen molar-refractivity contribution in [1.82, 2.24) is 0 Å². The summed E-state index contributed by atoms with van der Waals surface area (Å²) in [6.45, 7) is 0. The Hall–Kier alpha value is -2.15. The van der Waals surface area contributed by atoms with E-state index in [1.807, 2.05) is 0 Å². The molecule has 0 bridgehead atoms. The summed E-state index contributed by atoms with van der Waals surface area (Å²) in [6, 6.07) is 33.0. The number of hydrogen-bond acceptors (Lipinski definition) is 2. The maximum Gasteiger partial charge on any atom is 0.215 e. The van der Waals surface area contributed by atoms with E-state index in [1.165, 1.54) is 39.9 Å². The topological polar surface area (TPSA) is 17.1 Å². The highest BCUT2D eigenvalue weighted by atomic mass is 32.2. The van der Waals surface area contributed by atoms with Gasteiger partial charge in [-0.1, -0.05) is 111 Å². The lowest BCUT2D eigenvalue weighted by Crippen LogP contribution is -2.37. The van der Waals surface area contributed by atoms with Crippen molar-refractivity contribution in [3.63, 3.8) is 0 Å². The van der Waals surface area contributed by atoms with Crippen LogP contribution in [-0.4, -0.2) is 17.0 Å². The van der Waals surface area contributed by atoms with Crippen LogP contribution in [0.5, 0.6) is 0 Å². The second kappa shape index (κ2) is 8.53. The highest BCUT2D eigenvalue weighted by Gasteiger charge is 2.49. The number of carbonyl (C=O) groups excluding carboxylic acids is 1. The molecule has 0 radical (unpaired) electrons. The molecule has 1 unspecified atom stereocenters. The van der Waals surface area contributed by atoms with E-state index in [0.29, 0.717) is 5.12 Å². The number of hydrogen-bond donors (Lipinski definition) is 0. The van der Waals surface area contributed by atoms with Crippen LogP contribution >= 0.6 is 19.7 Å². The number of carbonyl (C=O) groups is 1. The van der Waals surface area contributed by atoms with Gasteiger partial charge in [0.1, 0.15) is 0 Å².